The van der Waals surface area contributed by atoms with Gasteiger partial charge in [0.2, 0.25) is 0 Å². The van der Waals surface area contributed by atoms with Crippen molar-refractivity contribution >= 4 is 12.1 Å². The second kappa shape index (κ2) is 7.77. The second-order valence-corrected chi connectivity index (χ2v) is 5.74. The molecule has 0 saturated heterocycles. The number of amides is 1. The molecule has 22 heavy (non-hydrogen) atoms. The van der Waals surface area contributed by atoms with Gasteiger partial charge in [-0.1, -0.05) is 30.3 Å². The fourth-order valence-corrected chi connectivity index (χ4v) is 1.73. The number of carboxylic acids is 1. The molecule has 0 bridgehead atoms. The van der Waals surface area contributed by atoms with Gasteiger partial charge in [0, 0.05) is 6.54 Å². The Kier molecular flexibility index (Phi) is 6.33. The van der Waals surface area contributed by atoms with Crippen molar-refractivity contribution in [3.8, 4) is 0 Å². The molecule has 1 atom stereocenters. The van der Waals surface area contributed by atoms with E-state index in [1.165, 1.54) is 0 Å². The van der Waals surface area contributed by atoms with Crippen LogP contribution in [0.15, 0.2) is 30.3 Å². The van der Waals surface area contributed by atoms with Crippen molar-refractivity contribution in [3.05, 3.63) is 35.9 Å². The molecule has 0 unspecified atom stereocenters. The van der Waals surface area contributed by atoms with Crippen LogP contribution in [0.4, 0.5) is 4.79 Å². The van der Waals surface area contributed by atoms with Crippen molar-refractivity contribution < 1.29 is 24.5 Å². The third-order valence-electron chi connectivity index (χ3n) is 2.65. The maximum Gasteiger partial charge on any atom is 0.422 e. The number of aliphatic hydroxyl groups excluding tert-OH is 1. The van der Waals surface area contributed by atoms with Crippen molar-refractivity contribution in [2.24, 2.45) is 0 Å². The Balaban J connectivity index is 2.86. The van der Waals surface area contributed by atoms with E-state index < -0.39 is 30.3 Å². The molecule has 0 aliphatic heterocycles. The molecule has 1 rings (SSSR count). The first-order valence-electron chi connectivity index (χ1n) is 6.85. The minimum Gasteiger partial charge on any atom is -0.548 e. The minimum absolute atomic E-state index is 0.0826. The monoisotopic (exact) mass is 309 g/mol. The van der Waals surface area contributed by atoms with Crippen LogP contribution in [0.1, 0.15) is 26.3 Å². The molecular weight excluding hydrogens is 288 g/mol. The minimum atomic E-state index is -1.49. The fraction of sp³-hybridized carbons (Fsp3) is 0.467. The van der Waals surface area contributed by atoms with Crippen LogP contribution >= 0.6 is 0 Å². The lowest BCUT2D eigenvalue weighted by Crippen LogP contribution is -2.57. The van der Waals surface area contributed by atoms with E-state index in [-0.39, 0.29) is 6.54 Å². The van der Waals surface area contributed by atoms with Gasteiger partial charge in [-0.15, -0.1) is 0 Å². The van der Waals surface area contributed by atoms with Crippen LogP contribution in [0.5, 0.6) is 0 Å². The van der Waals surface area contributed by atoms with Crippen molar-refractivity contribution in [1.29, 1.82) is 0 Å². The van der Waals surface area contributed by atoms with Gasteiger partial charge < -0.3 is 19.7 Å². The molecule has 0 heterocycles. The highest BCUT2D eigenvalue weighted by Crippen LogP contribution is 2.09. The number of carbonyl (C=O) groups is 2. The summed E-state index contributed by atoms with van der Waals surface area (Å²) < 4.78 is 5.09. The number of hydrazine groups is 1. The molecule has 0 aliphatic rings. The number of hydrogen-bond acceptors (Lipinski definition) is 6. The lowest BCUT2D eigenvalue weighted by Gasteiger charge is -2.32. The zero-order valence-corrected chi connectivity index (χ0v) is 12.9. The van der Waals surface area contributed by atoms with E-state index in [0.29, 0.717) is 0 Å². The Bertz CT molecular complexity index is 498. The van der Waals surface area contributed by atoms with Gasteiger partial charge in [0.25, 0.3) is 0 Å². The highest BCUT2D eigenvalue weighted by Gasteiger charge is 2.24. The molecule has 0 fully saturated rings. The van der Waals surface area contributed by atoms with Crippen LogP contribution in [-0.4, -0.2) is 40.4 Å². The zero-order chi connectivity index (χ0) is 16.8. The largest absolute Gasteiger partial charge is 0.548 e. The molecule has 7 heteroatoms. The van der Waals surface area contributed by atoms with Crippen LogP contribution in [-0.2, 0) is 16.1 Å². The molecule has 1 amide bonds. The maximum absolute atomic E-state index is 11.8. The van der Waals surface area contributed by atoms with Gasteiger partial charge in [0.05, 0.1) is 18.6 Å². The van der Waals surface area contributed by atoms with E-state index in [0.717, 1.165) is 10.6 Å². The number of nitrogens with zero attached hydrogens (tertiary/aromatic N) is 1. The SMILES string of the molecule is CC(C)(C)OC(=O)NN(Cc1ccccc1)[C@H](CO)C(=O)[O-]. The fourth-order valence-electron chi connectivity index (χ4n) is 1.73. The predicted octanol–water partition coefficient (Wildman–Crippen LogP) is 0.0391. The van der Waals surface area contributed by atoms with E-state index >= 15 is 0 Å². The maximum atomic E-state index is 11.8. The zero-order valence-electron chi connectivity index (χ0n) is 12.9. The van der Waals surface area contributed by atoms with Crippen molar-refractivity contribution in [3.63, 3.8) is 0 Å². The Labute approximate surface area is 129 Å². The topological polar surface area (TPSA) is 102 Å². The highest BCUT2D eigenvalue weighted by molar-refractivity contribution is 5.73. The Morgan fingerprint density at radius 3 is 2.36 bits per heavy atom. The summed E-state index contributed by atoms with van der Waals surface area (Å²) in [5, 5.41) is 21.4. The number of hydrogen-bond donors (Lipinski definition) is 2. The molecule has 7 nitrogen and oxygen atoms in total. The number of rotatable bonds is 6. The molecule has 0 radical (unpaired) electrons. The van der Waals surface area contributed by atoms with Crippen LogP contribution in [0.2, 0.25) is 0 Å². The van der Waals surface area contributed by atoms with E-state index in [9.17, 15) is 19.8 Å². The first-order valence-corrected chi connectivity index (χ1v) is 6.85. The molecule has 122 valence electrons. The van der Waals surface area contributed by atoms with Crippen LogP contribution in [0.3, 0.4) is 0 Å². The van der Waals surface area contributed by atoms with Gasteiger partial charge in [-0.25, -0.2) is 9.80 Å². The number of carbonyl (C=O) groups excluding carboxylic acids is 2. The molecular formula is C15H21N2O5-. The summed E-state index contributed by atoms with van der Waals surface area (Å²) in [6.07, 6.45) is -0.803. The summed E-state index contributed by atoms with van der Waals surface area (Å²) in [4.78, 5) is 23.0. The van der Waals surface area contributed by atoms with Gasteiger partial charge in [-0.05, 0) is 26.3 Å². The van der Waals surface area contributed by atoms with E-state index in [2.05, 4.69) is 5.43 Å². The van der Waals surface area contributed by atoms with E-state index in [1.807, 2.05) is 6.07 Å². The lowest BCUT2D eigenvalue weighted by atomic mass is 10.2. The molecule has 1 aromatic rings. The average molecular weight is 309 g/mol. The molecule has 0 spiro atoms. The predicted molar refractivity (Wildman–Crippen MR) is 77.2 cm³/mol. The molecule has 2 N–H and O–H groups in total. The third kappa shape index (κ3) is 6.11. The van der Waals surface area contributed by atoms with Crippen LogP contribution in [0.25, 0.3) is 0 Å². The molecule has 0 aromatic heterocycles. The first kappa shape index (κ1) is 17.9. The number of carboxylic acid groups (broad SMARTS) is 1. The Hall–Kier alpha value is -2.12. The average Bonchev–Trinajstić information content (AvgIpc) is 2.37. The lowest BCUT2D eigenvalue weighted by molar-refractivity contribution is -0.313. The third-order valence-corrected chi connectivity index (χ3v) is 2.65. The van der Waals surface area contributed by atoms with Crippen molar-refractivity contribution in [2.45, 2.75) is 39.0 Å². The van der Waals surface area contributed by atoms with Crippen LogP contribution in [0, 0.1) is 0 Å². The summed E-state index contributed by atoms with van der Waals surface area (Å²) in [5.74, 6) is -1.49. The van der Waals surface area contributed by atoms with E-state index in [4.69, 9.17) is 4.74 Å². The first-order chi connectivity index (χ1) is 10.2. The molecule has 0 saturated carbocycles. The van der Waals surface area contributed by atoms with Crippen molar-refractivity contribution in [1.82, 2.24) is 10.4 Å². The summed E-state index contributed by atoms with van der Waals surface area (Å²) in [6, 6.07) is 7.55. The van der Waals surface area contributed by atoms with Gasteiger partial charge in [-0.3, -0.25) is 5.43 Å². The Morgan fingerprint density at radius 1 is 1.32 bits per heavy atom. The van der Waals surface area contributed by atoms with Gasteiger partial charge in [0.1, 0.15) is 5.60 Å². The molecule has 1 aromatic carbocycles. The summed E-state index contributed by atoms with van der Waals surface area (Å²) in [7, 11) is 0. The van der Waals surface area contributed by atoms with Gasteiger partial charge >= 0.3 is 6.09 Å². The number of ether oxygens (including phenoxy) is 1. The smallest absolute Gasteiger partial charge is 0.422 e. The highest BCUT2D eigenvalue weighted by atomic mass is 16.6. The van der Waals surface area contributed by atoms with Crippen molar-refractivity contribution in [2.75, 3.05) is 6.61 Å². The number of nitrogens with one attached hydrogen (secondary N) is 1. The number of aliphatic carboxylic acids is 1. The Morgan fingerprint density at radius 2 is 1.91 bits per heavy atom. The van der Waals surface area contributed by atoms with E-state index in [1.54, 1.807) is 45.0 Å². The molecule has 0 aliphatic carbocycles. The van der Waals surface area contributed by atoms with Gasteiger partial charge in [-0.2, -0.15) is 0 Å². The summed E-state index contributed by atoms with van der Waals surface area (Å²) >= 11 is 0. The number of aliphatic hydroxyl groups is 1. The van der Waals surface area contributed by atoms with Crippen LogP contribution < -0.4 is 10.5 Å². The summed E-state index contributed by atoms with van der Waals surface area (Å²) in [6.45, 7) is 4.45. The number of benzene rings is 1. The summed E-state index contributed by atoms with van der Waals surface area (Å²) in [5.41, 5.74) is 2.38. The normalized spacial score (nSPS) is 12.8. The second-order valence-electron chi connectivity index (χ2n) is 5.74. The van der Waals surface area contributed by atoms with Gasteiger partial charge in [0.15, 0.2) is 0 Å². The standard InChI is InChI=1S/C15H22N2O5/c1-15(2,3)22-14(21)16-17(12(10-18)13(19)20)9-11-7-5-4-6-8-11/h4-8,12,18H,9-10H2,1-3H3,(H,16,21)(H,19,20)/p-1/t12-/m1/s1. The quantitative estimate of drug-likeness (QED) is 0.719.